The summed E-state index contributed by atoms with van der Waals surface area (Å²) in [6.45, 7) is 0. The quantitative estimate of drug-likeness (QED) is 0.157. The molecule has 0 bridgehead atoms. The van der Waals surface area contributed by atoms with Gasteiger partial charge in [0.05, 0.1) is 17.1 Å². The number of pyridine rings is 1. The molecule has 0 amide bonds. The van der Waals surface area contributed by atoms with Gasteiger partial charge in [0.25, 0.3) is 0 Å². The highest BCUT2D eigenvalue weighted by Gasteiger charge is 2.26. The summed E-state index contributed by atoms with van der Waals surface area (Å²) in [6.07, 6.45) is 4.41. The van der Waals surface area contributed by atoms with Gasteiger partial charge in [0, 0.05) is 34.6 Å². The lowest BCUT2D eigenvalue weighted by atomic mass is 9.89. The number of nitrogens with zero attached hydrogens (tertiary/aromatic N) is 3. The molecule has 0 unspecified atom stereocenters. The number of aromatic nitrogens is 1. The first-order valence-electron chi connectivity index (χ1n) is 15.9. The van der Waals surface area contributed by atoms with Gasteiger partial charge >= 0.3 is 0 Å². The van der Waals surface area contributed by atoms with Crippen molar-refractivity contribution < 1.29 is 0 Å². The number of para-hydroxylation sites is 1. The zero-order valence-electron chi connectivity index (χ0n) is 25.6. The van der Waals surface area contributed by atoms with Gasteiger partial charge in [-0.1, -0.05) is 91.0 Å². The minimum atomic E-state index is 0.498. The molecule has 4 nitrogen and oxygen atoms in total. The molecule has 4 heteroatoms. The van der Waals surface area contributed by atoms with Crippen LogP contribution < -0.4 is 10.6 Å². The summed E-state index contributed by atoms with van der Waals surface area (Å²) >= 11 is 0. The van der Waals surface area contributed by atoms with E-state index in [0.717, 1.165) is 39.7 Å². The highest BCUT2D eigenvalue weighted by atomic mass is 15.2. The van der Waals surface area contributed by atoms with E-state index in [1.165, 1.54) is 49.6 Å². The summed E-state index contributed by atoms with van der Waals surface area (Å²) in [4.78, 5) is 11.4. The normalized spacial score (nSPS) is 12.5. The molecule has 222 valence electrons. The molecule has 9 rings (SSSR count). The van der Waals surface area contributed by atoms with Crippen LogP contribution in [0.3, 0.4) is 0 Å². The van der Waals surface area contributed by atoms with Gasteiger partial charge in [-0.05, 0) is 105 Å². The predicted molar refractivity (Wildman–Crippen MR) is 197 cm³/mol. The van der Waals surface area contributed by atoms with Gasteiger partial charge in [0.2, 0.25) is 0 Å². The van der Waals surface area contributed by atoms with E-state index in [0.29, 0.717) is 5.84 Å². The second-order valence-corrected chi connectivity index (χ2v) is 12.1. The summed E-state index contributed by atoms with van der Waals surface area (Å²) in [5, 5.41) is 7.25. The molecule has 0 atom stereocenters. The Hall–Kier alpha value is -6.26. The van der Waals surface area contributed by atoms with E-state index >= 15 is 0 Å². The molecular weight excluding hydrogens is 573 g/mol. The highest BCUT2D eigenvalue weighted by molar-refractivity contribution is 6.16. The summed E-state index contributed by atoms with van der Waals surface area (Å²) < 4.78 is 0. The van der Waals surface area contributed by atoms with Gasteiger partial charge in [0.1, 0.15) is 5.84 Å². The van der Waals surface area contributed by atoms with E-state index in [1.54, 1.807) is 0 Å². The van der Waals surface area contributed by atoms with Crippen molar-refractivity contribution in [1.29, 1.82) is 0 Å². The van der Waals surface area contributed by atoms with Gasteiger partial charge in [-0.15, -0.1) is 0 Å². The van der Waals surface area contributed by atoms with E-state index in [2.05, 4.69) is 125 Å². The fourth-order valence-electron chi connectivity index (χ4n) is 6.98. The minimum Gasteiger partial charge on any atom is -0.383 e. The first kappa shape index (κ1) is 27.1. The van der Waals surface area contributed by atoms with Gasteiger partial charge < -0.3 is 10.6 Å². The molecule has 0 saturated heterocycles. The van der Waals surface area contributed by atoms with E-state index < -0.39 is 0 Å². The van der Waals surface area contributed by atoms with Gasteiger partial charge in [0.15, 0.2) is 0 Å². The topological polar surface area (TPSA) is 54.5 Å². The molecule has 1 aromatic heterocycles. The number of hydrogen-bond acceptors (Lipinski definition) is 3. The predicted octanol–water partition coefficient (Wildman–Crippen LogP) is 10.6. The molecule has 0 aliphatic carbocycles. The molecule has 0 radical (unpaired) electrons. The van der Waals surface area contributed by atoms with Crippen molar-refractivity contribution in [3.63, 3.8) is 0 Å². The monoisotopic (exact) mass is 602 g/mol. The lowest BCUT2D eigenvalue weighted by Gasteiger charge is -2.34. The fourth-order valence-corrected chi connectivity index (χ4v) is 6.98. The molecule has 47 heavy (non-hydrogen) atoms. The third-order valence-electron chi connectivity index (χ3n) is 9.27. The molecule has 1 aliphatic heterocycles. The number of hydrogen-bond donors (Lipinski definition) is 1. The molecule has 8 aromatic rings. The number of benzene rings is 7. The van der Waals surface area contributed by atoms with Crippen molar-refractivity contribution in [2.45, 2.75) is 6.42 Å². The van der Waals surface area contributed by atoms with Crippen molar-refractivity contribution in [3.8, 4) is 11.1 Å². The van der Waals surface area contributed by atoms with Crippen LogP contribution in [-0.2, 0) is 6.42 Å². The van der Waals surface area contributed by atoms with Crippen LogP contribution in [0, 0.1) is 0 Å². The summed E-state index contributed by atoms with van der Waals surface area (Å²) in [5.41, 5.74) is 16.8. The molecule has 0 saturated carbocycles. The SMILES string of the molecule is NC(=Nc1ccccc1Cc1ccncc1)c1ccc2cc(N3c4cc5ccccc5cc4-c4cccc5cccc3c45)ccc2c1. The zero-order valence-corrected chi connectivity index (χ0v) is 25.6. The van der Waals surface area contributed by atoms with E-state index in [1.807, 2.05) is 42.7 Å². The third kappa shape index (κ3) is 4.70. The first-order chi connectivity index (χ1) is 23.2. The van der Waals surface area contributed by atoms with E-state index in [4.69, 9.17) is 10.7 Å². The van der Waals surface area contributed by atoms with Crippen LogP contribution in [0.15, 0.2) is 163 Å². The number of nitrogens with two attached hydrogens (primary N) is 1. The minimum absolute atomic E-state index is 0.498. The van der Waals surface area contributed by atoms with Crippen molar-refractivity contribution in [1.82, 2.24) is 4.98 Å². The molecule has 0 spiro atoms. The molecule has 2 heterocycles. The molecular formula is C43H30N4. The van der Waals surface area contributed by atoms with E-state index in [9.17, 15) is 0 Å². The Morgan fingerprint density at radius 2 is 1.28 bits per heavy atom. The molecule has 1 aliphatic rings. The van der Waals surface area contributed by atoms with Crippen molar-refractivity contribution >= 4 is 60.9 Å². The molecule has 2 N–H and O–H groups in total. The lowest BCUT2D eigenvalue weighted by Crippen LogP contribution is -2.15. The number of aliphatic imine (C=N–C) groups is 1. The Bertz CT molecular complexity index is 2510. The number of rotatable bonds is 5. The standard InChI is InChI=1S/C43H30N4/c44-43(46-39-13-4-3-9-34(39)23-28-19-21-45-22-20-28)35-16-15-33-25-36(18-17-32(33)24-35)47-40-14-6-11-29-10-5-12-37(42(29)40)38-26-30-7-1-2-8-31(30)27-41(38)47/h1-22,24-27H,23H2,(H2,44,46). The Labute approximate surface area is 273 Å². The maximum Gasteiger partial charge on any atom is 0.131 e. The lowest BCUT2D eigenvalue weighted by molar-refractivity contribution is 1.15. The summed E-state index contributed by atoms with van der Waals surface area (Å²) in [7, 11) is 0. The van der Waals surface area contributed by atoms with Crippen LogP contribution >= 0.6 is 0 Å². The largest absolute Gasteiger partial charge is 0.383 e. The second-order valence-electron chi connectivity index (χ2n) is 12.1. The zero-order chi connectivity index (χ0) is 31.3. The van der Waals surface area contributed by atoms with Gasteiger partial charge in [-0.3, -0.25) is 4.98 Å². The smallest absolute Gasteiger partial charge is 0.131 e. The van der Waals surface area contributed by atoms with Crippen molar-refractivity contribution in [2.75, 3.05) is 4.90 Å². The van der Waals surface area contributed by atoms with Gasteiger partial charge in [-0.2, -0.15) is 0 Å². The Kier molecular flexibility index (Phi) is 6.32. The van der Waals surface area contributed by atoms with Crippen LogP contribution in [0.25, 0.3) is 43.4 Å². The maximum atomic E-state index is 6.65. The van der Waals surface area contributed by atoms with Crippen LogP contribution in [-0.4, -0.2) is 10.8 Å². The average Bonchev–Trinajstić information content (AvgIpc) is 3.12. The molecule has 7 aromatic carbocycles. The summed E-state index contributed by atoms with van der Waals surface area (Å²) in [5.74, 6) is 0.498. The van der Waals surface area contributed by atoms with Gasteiger partial charge in [-0.25, -0.2) is 4.99 Å². The first-order valence-corrected chi connectivity index (χ1v) is 15.9. The third-order valence-corrected chi connectivity index (χ3v) is 9.27. The van der Waals surface area contributed by atoms with Crippen LogP contribution in [0.1, 0.15) is 16.7 Å². The average molecular weight is 603 g/mol. The van der Waals surface area contributed by atoms with Crippen LogP contribution in [0.4, 0.5) is 22.7 Å². The number of amidine groups is 1. The fraction of sp³-hybridized carbons (Fsp3) is 0.0233. The highest BCUT2D eigenvalue weighted by Crippen LogP contribution is 2.52. The molecule has 0 fully saturated rings. The number of fused-ring (bicyclic) bond motifs is 4. The van der Waals surface area contributed by atoms with E-state index in [-0.39, 0.29) is 0 Å². The van der Waals surface area contributed by atoms with Crippen LogP contribution in [0.5, 0.6) is 0 Å². The Balaban J connectivity index is 1.12. The summed E-state index contributed by atoms with van der Waals surface area (Å²) in [6, 6.07) is 51.8. The Morgan fingerprint density at radius 3 is 2.15 bits per heavy atom. The number of anilines is 3. The van der Waals surface area contributed by atoms with Crippen molar-refractivity contribution in [2.24, 2.45) is 10.7 Å². The maximum absolute atomic E-state index is 6.65. The van der Waals surface area contributed by atoms with Crippen molar-refractivity contribution in [3.05, 3.63) is 175 Å². The van der Waals surface area contributed by atoms with Crippen LogP contribution in [0.2, 0.25) is 0 Å². The second kappa shape index (κ2) is 11.0. The Morgan fingerprint density at radius 1 is 0.574 bits per heavy atom.